The highest BCUT2D eigenvalue weighted by molar-refractivity contribution is 7.19. The molecule has 0 fully saturated rings. The van der Waals surface area contributed by atoms with Gasteiger partial charge in [-0.25, -0.2) is 0 Å². The average Bonchev–Trinajstić information content (AvgIpc) is 2.68. The fourth-order valence-corrected chi connectivity index (χ4v) is 3.30. The fraction of sp³-hybridized carbons (Fsp3) is 0.467. The SMILES string of the molecule is CCCNCc1sc2ccc(C)cc2c1COC. The lowest BCUT2D eigenvalue weighted by Crippen LogP contribution is -2.13. The van der Waals surface area contributed by atoms with Crippen molar-refractivity contribution in [2.24, 2.45) is 0 Å². The van der Waals surface area contributed by atoms with Crippen molar-refractivity contribution in [3.05, 3.63) is 34.2 Å². The molecule has 98 valence electrons. The van der Waals surface area contributed by atoms with Gasteiger partial charge in [0.25, 0.3) is 0 Å². The summed E-state index contributed by atoms with van der Waals surface area (Å²) in [4.78, 5) is 1.41. The van der Waals surface area contributed by atoms with E-state index in [2.05, 4.69) is 37.4 Å². The maximum atomic E-state index is 5.36. The topological polar surface area (TPSA) is 21.3 Å². The molecule has 1 aromatic heterocycles. The molecule has 0 atom stereocenters. The van der Waals surface area contributed by atoms with Gasteiger partial charge >= 0.3 is 0 Å². The Bertz CT molecular complexity index is 518. The number of thiophene rings is 1. The van der Waals surface area contributed by atoms with Crippen molar-refractivity contribution in [1.82, 2.24) is 5.32 Å². The van der Waals surface area contributed by atoms with Gasteiger partial charge in [-0.15, -0.1) is 11.3 Å². The molecular weight excluding hydrogens is 242 g/mol. The van der Waals surface area contributed by atoms with Crippen molar-refractivity contribution in [1.29, 1.82) is 0 Å². The van der Waals surface area contributed by atoms with Gasteiger partial charge in [0.2, 0.25) is 0 Å². The van der Waals surface area contributed by atoms with Crippen LogP contribution in [0.25, 0.3) is 10.1 Å². The quantitative estimate of drug-likeness (QED) is 0.799. The highest BCUT2D eigenvalue weighted by atomic mass is 32.1. The third-order valence-electron chi connectivity index (χ3n) is 3.03. The van der Waals surface area contributed by atoms with E-state index in [1.165, 1.54) is 32.5 Å². The maximum Gasteiger partial charge on any atom is 0.0730 e. The van der Waals surface area contributed by atoms with E-state index in [1.807, 2.05) is 11.3 Å². The van der Waals surface area contributed by atoms with E-state index in [1.54, 1.807) is 7.11 Å². The molecule has 2 nitrogen and oxygen atoms in total. The Morgan fingerprint density at radius 2 is 2.17 bits per heavy atom. The van der Waals surface area contributed by atoms with Gasteiger partial charge in [0.05, 0.1) is 6.61 Å². The third-order valence-corrected chi connectivity index (χ3v) is 4.24. The second kappa shape index (κ2) is 6.32. The van der Waals surface area contributed by atoms with Gasteiger partial charge in [0.1, 0.15) is 0 Å². The minimum atomic E-state index is 0.701. The summed E-state index contributed by atoms with van der Waals surface area (Å²) in [5.74, 6) is 0. The molecule has 0 aliphatic heterocycles. The molecular formula is C15H21NOS. The van der Waals surface area contributed by atoms with Gasteiger partial charge < -0.3 is 10.1 Å². The second-order valence-corrected chi connectivity index (χ2v) is 5.75. The third kappa shape index (κ3) is 2.91. The zero-order valence-electron chi connectivity index (χ0n) is 11.4. The fourth-order valence-electron chi connectivity index (χ4n) is 2.14. The van der Waals surface area contributed by atoms with E-state index in [4.69, 9.17) is 4.74 Å². The molecule has 0 saturated carbocycles. The highest BCUT2D eigenvalue weighted by Gasteiger charge is 2.11. The normalized spacial score (nSPS) is 11.3. The predicted molar refractivity (Wildman–Crippen MR) is 79.3 cm³/mol. The number of methoxy groups -OCH3 is 1. The first-order valence-electron chi connectivity index (χ1n) is 6.46. The Hall–Kier alpha value is -0.900. The predicted octanol–water partition coefficient (Wildman–Crippen LogP) is 3.86. The van der Waals surface area contributed by atoms with Gasteiger partial charge in [-0.05, 0) is 31.3 Å². The van der Waals surface area contributed by atoms with Crippen LogP contribution in [0.15, 0.2) is 18.2 Å². The van der Waals surface area contributed by atoms with Crippen LogP contribution >= 0.6 is 11.3 Å². The summed E-state index contributed by atoms with van der Waals surface area (Å²) in [5, 5.41) is 4.84. The summed E-state index contributed by atoms with van der Waals surface area (Å²) in [5.41, 5.74) is 2.66. The molecule has 0 spiro atoms. The zero-order chi connectivity index (χ0) is 13.0. The van der Waals surface area contributed by atoms with Crippen molar-refractivity contribution in [3.8, 4) is 0 Å². The first-order chi connectivity index (χ1) is 8.76. The summed E-state index contributed by atoms with van der Waals surface area (Å²) in [6.07, 6.45) is 1.17. The molecule has 0 unspecified atom stereocenters. The molecule has 0 radical (unpaired) electrons. The number of nitrogens with one attached hydrogen (secondary N) is 1. The van der Waals surface area contributed by atoms with Crippen molar-refractivity contribution in [3.63, 3.8) is 0 Å². The first kappa shape index (κ1) is 13.5. The average molecular weight is 263 g/mol. The van der Waals surface area contributed by atoms with Gasteiger partial charge in [-0.1, -0.05) is 24.6 Å². The molecule has 1 N–H and O–H groups in total. The van der Waals surface area contributed by atoms with E-state index >= 15 is 0 Å². The van der Waals surface area contributed by atoms with Crippen molar-refractivity contribution < 1.29 is 4.74 Å². The largest absolute Gasteiger partial charge is 0.380 e. The van der Waals surface area contributed by atoms with E-state index in [-0.39, 0.29) is 0 Å². The lowest BCUT2D eigenvalue weighted by Gasteiger charge is -2.05. The van der Waals surface area contributed by atoms with Gasteiger partial charge in [0.15, 0.2) is 0 Å². The molecule has 3 heteroatoms. The van der Waals surface area contributed by atoms with Crippen LogP contribution < -0.4 is 5.32 Å². The highest BCUT2D eigenvalue weighted by Crippen LogP contribution is 2.32. The maximum absolute atomic E-state index is 5.36. The van der Waals surface area contributed by atoms with Crippen LogP contribution in [0.4, 0.5) is 0 Å². The molecule has 0 amide bonds. The minimum Gasteiger partial charge on any atom is -0.380 e. The Balaban J connectivity index is 2.35. The second-order valence-electron chi connectivity index (χ2n) is 4.61. The Kier molecular flexibility index (Phi) is 4.75. The van der Waals surface area contributed by atoms with E-state index < -0.39 is 0 Å². The number of aryl methyl sites for hydroxylation is 1. The number of hydrogen-bond donors (Lipinski definition) is 1. The summed E-state index contributed by atoms with van der Waals surface area (Å²) in [6.45, 7) is 7.05. The van der Waals surface area contributed by atoms with Crippen LogP contribution in [-0.4, -0.2) is 13.7 Å². The molecule has 2 aromatic rings. The molecule has 0 bridgehead atoms. The molecule has 2 rings (SSSR count). The number of hydrogen-bond acceptors (Lipinski definition) is 3. The van der Waals surface area contributed by atoms with Crippen LogP contribution in [0, 0.1) is 6.92 Å². The summed E-state index contributed by atoms with van der Waals surface area (Å²) < 4.78 is 6.72. The van der Waals surface area contributed by atoms with Crippen molar-refractivity contribution in [2.45, 2.75) is 33.4 Å². The molecule has 0 saturated heterocycles. The number of ether oxygens (including phenoxy) is 1. The number of benzene rings is 1. The van der Waals surface area contributed by atoms with Crippen LogP contribution in [0.2, 0.25) is 0 Å². The van der Waals surface area contributed by atoms with Crippen molar-refractivity contribution in [2.75, 3.05) is 13.7 Å². The van der Waals surface area contributed by atoms with Gasteiger partial charge in [-0.2, -0.15) is 0 Å². The molecule has 18 heavy (non-hydrogen) atoms. The summed E-state index contributed by atoms with van der Waals surface area (Å²) in [7, 11) is 1.77. The van der Waals surface area contributed by atoms with E-state index in [0.717, 1.165) is 13.1 Å². The van der Waals surface area contributed by atoms with Crippen LogP contribution in [-0.2, 0) is 17.9 Å². The van der Waals surface area contributed by atoms with E-state index in [9.17, 15) is 0 Å². The van der Waals surface area contributed by atoms with Gasteiger partial charge in [-0.3, -0.25) is 0 Å². The Morgan fingerprint density at radius 1 is 1.33 bits per heavy atom. The lowest BCUT2D eigenvalue weighted by molar-refractivity contribution is 0.185. The molecule has 0 aliphatic carbocycles. The van der Waals surface area contributed by atoms with E-state index in [0.29, 0.717) is 6.61 Å². The number of rotatable bonds is 6. The Morgan fingerprint density at radius 3 is 2.89 bits per heavy atom. The smallest absolute Gasteiger partial charge is 0.0730 e. The Labute approximate surface area is 113 Å². The first-order valence-corrected chi connectivity index (χ1v) is 7.28. The van der Waals surface area contributed by atoms with Crippen LogP contribution in [0.5, 0.6) is 0 Å². The monoisotopic (exact) mass is 263 g/mol. The van der Waals surface area contributed by atoms with Crippen LogP contribution in [0.3, 0.4) is 0 Å². The van der Waals surface area contributed by atoms with Crippen LogP contribution in [0.1, 0.15) is 29.3 Å². The summed E-state index contributed by atoms with van der Waals surface area (Å²) in [6, 6.07) is 6.67. The molecule has 0 aliphatic rings. The minimum absolute atomic E-state index is 0.701. The summed E-state index contributed by atoms with van der Waals surface area (Å²) >= 11 is 1.88. The standard InChI is InChI=1S/C15H21NOS/c1-4-7-16-9-15-13(10-17-3)12-8-11(2)5-6-14(12)18-15/h5-6,8,16H,4,7,9-10H2,1-3H3. The lowest BCUT2D eigenvalue weighted by atomic mass is 10.1. The number of fused-ring (bicyclic) bond motifs is 1. The zero-order valence-corrected chi connectivity index (χ0v) is 12.2. The molecule has 1 heterocycles. The molecule has 1 aromatic carbocycles. The van der Waals surface area contributed by atoms with Crippen molar-refractivity contribution >= 4 is 21.4 Å². The van der Waals surface area contributed by atoms with Gasteiger partial charge in [0, 0.05) is 28.8 Å².